The minimum Gasteiger partial charge on any atom is -0.302 e. The van der Waals surface area contributed by atoms with Gasteiger partial charge in [-0.2, -0.15) is 0 Å². The summed E-state index contributed by atoms with van der Waals surface area (Å²) in [5.41, 5.74) is 3.70. The summed E-state index contributed by atoms with van der Waals surface area (Å²) >= 11 is 6.45. The largest absolute Gasteiger partial charge is 0.302 e. The zero-order valence-electron chi connectivity index (χ0n) is 12.8. The molecule has 3 rings (SSSR count). The summed E-state index contributed by atoms with van der Waals surface area (Å²) < 4.78 is 1.42. The Morgan fingerprint density at radius 2 is 2.18 bits per heavy atom. The second-order valence-corrected chi connectivity index (χ2v) is 6.26. The van der Waals surface area contributed by atoms with Crippen LogP contribution in [-0.4, -0.2) is 15.6 Å². The van der Waals surface area contributed by atoms with Gasteiger partial charge in [0.25, 0.3) is 5.56 Å². The first kappa shape index (κ1) is 15.1. The molecule has 0 fully saturated rings. The summed E-state index contributed by atoms with van der Waals surface area (Å²) in [6.07, 6.45) is 4.50. The van der Waals surface area contributed by atoms with Gasteiger partial charge in [-0.1, -0.05) is 12.1 Å². The minimum atomic E-state index is -0.271. The zero-order valence-corrected chi connectivity index (χ0v) is 13.5. The van der Waals surface area contributed by atoms with Crippen molar-refractivity contribution in [2.24, 2.45) is 0 Å². The van der Waals surface area contributed by atoms with Gasteiger partial charge in [-0.25, -0.2) is 0 Å². The van der Waals surface area contributed by atoms with Crippen LogP contribution in [0, 0.1) is 6.92 Å². The Labute approximate surface area is 134 Å². The zero-order chi connectivity index (χ0) is 15.9. The molecule has 0 aliphatic heterocycles. The Morgan fingerprint density at radius 3 is 2.86 bits per heavy atom. The van der Waals surface area contributed by atoms with Gasteiger partial charge in [-0.3, -0.25) is 14.3 Å². The summed E-state index contributed by atoms with van der Waals surface area (Å²) in [6.45, 7) is 4.30. The molecule has 1 unspecified atom stereocenters. The number of aromatic amines is 1. The molecule has 1 aromatic carbocycles. The Hall–Kier alpha value is -1.81. The predicted octanol–water partition coefficient (Wildman–Crippen LogP) is 3.35. The Bertz CT molecular complexity index is 788. The number of alkyl halides is 1. The van der Waals surface area contributed by atoms with Crippen molar-refractivity contribution < 1.29 is 4.79 Å². The first-order valence-corrected chi connectivity index (χ1v) is 8.07. The fourth-order valence-corrected chi connectivity index (χ4v) is 3.71. The number of carbonyl (C=O) groups is 1. The fraction of sp³-hybridized carbons (Fsp3) is 0.412. The number of halogens is 1. The number of hydrogen-bond donors (Lipinski definition) is 1. The van der Waals surface area contributed by atoms with Crippen LogP contribution >= 0.6 is 11.6 Å². The van der Waals surface area contributed by atoms with Gasteiger partial charge in [0.1, 0.15) is 5.56 Å². The average Bonchev–Trinajstić information content (AvgIpc) is 2.88. The van der Waals surface area contributed by atoms with E-state index in [-0.39, 0.29) is 22.3 Å². The van der Waals surface area contributed by atoms with Crippen molar-refractivity contribution in [3.8, 4) is 0 Å². The van der Waals surface area contributed by atoms with Crippen molar-refractivity contribution in [2.75, 3.05) is 0 Å². The molecule has 0 amide bonds. The molecule has 1 N–H and O–H groups in total. The summed E-state index contributed by atoms with van der Waals surface area (Å²) in [5, 5.41) is 2.78. The van der Waals surface area contributed by atoms with Gasteiger partial charge in [0, 0.05) is 18.3 Å². The highest BCUT2D eigenvalue weighted by atomic mass is 35.5. The maximum Gasteiger partial charge on any atom is 0.277 e. The monoisotopic (exact) mass is 318 g/mol. The highest BCUT2D eigenvalue weighted by Crippen LogP contribution is 2.38. The van der Waals surface area contributed by atoms with E-state index >= 15 is 0 Å². The van der Waals surface area contributed by atoms with Crippen molar-refractivity contribution in [1.29, 1.82) is 0 Å². The Morgan fingerprint density at radius 1 is 1.41 bits per heavy atom. The van der Waals surface area contributed by atoms with Crippen LogP contribution in [0.2, 0.25) is 0 Å². The number of H-pyrrole nitrogens is 1. The molecule has 1 aliphatic rings. The van der Waals surface area contributed by atoms with Crippen molar-refractivity contribution in [1.82, 2.24) is 9.78 Å². The van der Waals surface area contributed by atoms with Crippen LogP contribution in [0.1, 0.15) is 57.8 Å². The Kier molecular flexibility index (Phi) is 3.96. The first-order valence-electron chi connectivity index (χ1n) is 7.64. The van der Waals surface area contributed by atoms with E-state index in [0.717, 1.165) is 30.4 Å². The third-order valence-electron chi connectivity index (χ3n) is 4.47. The van der Waals surface area contributed by atoms with Crippen LogP contribution in [0.4, 0.5) is 0 Å². The van der Waals surface area contributed by atoms with E-state index in [9.17, 15) is 9.59 Å². The minimum absolute atomic E-state index is 0.0463. The van der Waals surface area contributed by atoms with E-state index in [2.05, 4.69) is 5.10 Å². The van der Waals surface area contributed by atoms with Crippen LogP contribution in [0.25, 0.3) is 0 Å². The van der Waals surface area contributed by atoms with Crippen molar-refractivity contribution in [3.05, 3.63) is 56.5 Å². The molecule has 22 heavy (non-hydrogen) atoms. The van der Waals surface area contributed by atoms with Crippen LogP contribution < -0.4 is 5.56 Å². The molecule has 0 saturated heterocycles. The molecular weight excluding hydrogens is 300 g/mol. The van der Waals surface area contributed by atoms with E-state index in [1.165, 1.54) is 16.4 Å². The number of nitrogens with zero attached hydrogens (tertiary/aromatic N) is 1. The molecular formula is C17H19ClN2O2. The average molecular weight is 319 g/mol. The summed E-state index contributed by atoms with van der Waals surface area (Å²) in [7, 11) is 0. The van der Waals surface area contributed by atoms with Gasteiger partial charge in [0.2, 0.25) is 0 Å². The van der Waals surface area contributed by atoms with Crippen LogP contribution in [0.15, 0.2) is 23.1 Å². The number of aryl methyl sites for hydroxylation is 2. The molecule has 5 heteroatoms. The van der Waals surface area contributed by atoms with Gasteiger partial charge in [0.05, 0.1) is 5.38 Å². The third kappa shape index (κ3) is 2.31. The van der Waals surface area contributed by atoms with E-state index in [1.807, 2.05) is 26.0 Å². The lowest BCUT2D eigenvalue weighted by atomic mass is 9.85. The Balaban J connectivity index is 2.09. The summed E-state index contributed by atoms with van der Waals surface area (Å²) in [4.78, 5) is 24.9. The first-order chi connectivity index (χ1) is 10.5. The SMILES string of the molecule is CCn1[nH]cc(C(=O)c2ccc3c(c2C)C(Cl)CCC3)c1=O. The smallest absolute Gasteiger partial charge is 0.277 e. The number of fused-ring (bicyclic) bond motifs is 1. The normalized spacial score (nSPS) is 17.3. The highest BCUT2D eigenvalue weighted by molar-refractivity contribution is 6.21. The number of benzene rings is 1. The molecule has 0 bridgehead atoms. The maximum absolute atomic E-state index is 12.7. The molecule has 116 valence electrons. The number of carbonyl (C=O) groups excluding carboxylic acids is 1. The molecule has 2 aromatic rings. The van der Waals surface area contributed by atoms with Crippen LogP contribution in [-0.2, 0) is 13.0 Å². The fourth-order valence-electron chi connectivity index (χ4n) is 3.25. The van der Waals surface area contributed by atoms with E-state index < -0.39 is 0 Å². The quantitative estimate of drug-likeness (QED) is 0.697. The van der Waals surface area contributed by atoms with E-state index in [0.29, 0.717) is 12.1 Å². The number of hydrogen-bond acceptors (Lipinski definition) is 2. The topological polar surface area (TPSA) is 54.9 Å². The van der Waals surface area contributed by atoms with Gasteiger partial charge < -0.3 is 5.10 Å². The summed E-state index contributed by atoms with van der Waals surface area (Å²) in [6, 6.07) is 3.81. The van der Waals surface area contributed by atoms with Gasteiger partial charge in [0.15, 0.2) is 5.78 Å². The highest BCUT2D eigenvalue weighted by Gasteiger charge is 2.25. The lowest BCUT2D eigenvalue weighted by Gasteiger charge is -2.24. The lowest BCUT2D eigenvalue weighted by molar-refractivity contribution is 0.103. The lowest BCUT2D eigenvalue weighted by Crippen LogP contribution is -2.22. The molecule has 1 atom stereocenters. The van der Waals surface area contributed by atoms with Crippen molar-refractivity contribution in [2.45, 2.75) is 45.0 Å². The van der Waals surface area contributed by atoms with Gasteiger partial charge in [-0.15, -0.1) is 11.6 Å². The second kappa shape index (κ2) is 5.76. The number of ketones is 1. The maximum atomic E-state index is 12.7. The van der Waals surface area contributed by atoms with E-state index in [1.54, 1.807) is 0 Å². The molecule has 1 aromatic heterocycles. The van der Waals surface area contributed by atoms with Gasteiger partial charge in [-0.05, 0) is 49.8 Å². The molecule has 4 nitrogen and oxygen atoms in total. The number of nitrogens with one attached hydrogen (secondary N) is 1. The molecule has 1 aliphatic carbocycles. The van der Waals surface area contributed by atoms with E-state index in [4.69, 9.17) is 11.6 Å². The molecule has 0 saturated carbocycles. The van der Waals surface area contributed by atoms with Crippen molar-refractivity contribution >= 4 is 17.4 Å². The number of aromatic nitrogens is 2. The van der Waals surface area contributed by atoms with Crippen LogP contribution in [0.3, 0.4) is 0 Å². The molecule has 0 spiro atoms. The van der Waals surface area contributed by atoms with Crippen molar-refractivity contribution in [3.63, 3.8) is 0 Å². The molecule has 0 radical (unpaired) electrons. The number of rotatable bonds is 3. The predicted molar refractivity (Wildman–Crippen MR) is 86.9 cm³/mol. The third-order valence-corrected chi connectivity index (χ3v) is 4.90. The standard InChI is InChI=1S/C17H19ClN2O2/c1-3-20-17(22)13(9-19-20)16(21)12-8-7-11-5-4-6-14(18)15(11)10(12)2/h7-9,14,19H,3-6H2,1-2H3. The second-order valence-electron chi connectivity index (χ2n) is 5.74. The summed E-state index contributed by atoms with van der Waals surface area (Å²) in [5.74, 6) is -0.233. The molecule has 1 heterocycles. The van der Waals surface area contributed by atoms with Crippen LogP contribution in [0.5, 0.6) is 0 Å². The van der Waals surface area contributed by atoms with Gasteiger partial charge >= 0.3 is 0 Å².